The van der Waals surface area contributed by atoms with Gasteiger partial charge < -0.3 is 0 Å². The van der Waals surface area contributed by atoms with Crippen molar-refractivity contribution < 1.29 is 0 Å². The summed E-state index contributed by atoms with van der Waals surface area (Å²) in [5, 5.41) is 0. The molecule has 0 saturated carbocycles. The summed E-state index contributed by atoms with van der Waals surface area (Å²) in [6, 6.07) is 11.0. The number of aryl methyl sites for hydroxylation is 2. The molecule has 0 aliphatic rings. The second-order valence-corrected chi connectivity index (χ2v) is 6.19. The number of benzene rings is 1. The minimum atomic E-state index is 0.184. The lowest BCUT2D eigenvalue weighted by atomic mass is 9.95. The van der Waals surface area contributed by atoms with Crippen LogP contribution in [-0.2, 0) is 12.8 Å². The first kappa shape index (κ1) is 14.3. The fourth-order valence-corrected chi connectivity index (χ4v) is 3.34. The van der Waals surface area contributed by atoms with Crippen molar-refractivity contribution in [1.82, 2.24) is 5.43 Å². The van der Waals surface area contributed by atoms with Crippen LogP contribution in [0.15, 0.2) is 30.3 Å². The number of thiophene rings is 1. The van der Waals surface area contributed by atoms with E-state index in [0.717, 1.165) is 12.8 Å². The van der Waals surface area contributed by atoms with Crippen LogP contribution in [0.3, 0.4) is 0 Å². The van der Waals surface area contributed by atoms with Crippen molar-refractivity contribution in [3.63, 3.8) is 0 Å². The van der Waals surface area contributed by atoms with E-state index in [1.807, 2.05) is 11.3 Å². The molecule has 0 radical (unpaired) electrons. The zero-order valence-corrected chi connectivity index (χ0v) is 12.7. The van der Waals surface area contributed by atoms with E-state index in [4.69, 9.17) is 5.84 Å². The number of hydrazine groups is 1. The fourth-order valence-electron chi connectivity index (χ4n) is 2.33. The highest BCUT2D eigenvalue weighted by Crippen LogP contribution is 2.26. The largest absolute Gasteiger partial charge is 0.271 e. The first-order valence-corrected chi connectivity index (χ1v) is 7.57. The topological polar surface area (TPSA) is 38.0 Å². The van der Waals surface area contributed by atoms with Crippen molar-refractivity contribution in [2.45, 2.75) is 39.7 Å². The summed E-state index contributed by atoms with van der Waals surface area (Å²) >= 11 is 1.89. The van der Waals surface area contributed by atoms with Crippen molar-refractivity contribution in [2.75, 3.05) is 0 Å². The molecule has 102 valence electrons. The van der Waals surface area contributed by atoms with Crippen molar-refractivity contribution in [3.8, 4) is 0 Å². The molecule has 0 saturated heterocycles. The van der Waals surface area contributed by atoms with E-state index in [0.29, 0.717) is 0 Å². The zero-order valence-electron chi connectivity index (χ0n) is 11.9. The Balaban J connectivity index is 2.22. The van der Waals surface area contributed by atoms with Gasteiger partial charge in [0.05, 0.1) is 6.04 Å². The number of hydrogen-bond donors (Lipinski definition) is 2. The molecule has 1 aromatic heterocycles. The van der Waals surface area contributed by atoms with Gasteiger partial charge in [-0.3, -0.25) is 11.3 Å². The number of rotatable bonds is 5. The summed E-state index contributed by atoms with van der Waals surface area (Å²) in [6.07, 6.45) is 2.06. The van der Waals surface area contributed by atoms with Crippen LogP contribution in [0, 0.1) is 13.8 Å². The number of nitrogens with two attached hydrogens (primary N) is 1. The van der Waals surface area contributed by atoms with E-state index in [1.165, 1.54) is 26.4 Å². The van der Waals surface area contributed by atoms with Gasteiger partial charge in [-0.05, 0) is 49.1 Å². The number of hydrogen-bond acceptors (Lipinski definition) is 3. The van der Waals surface area contributed by atoms with Crippen molar-refractivity contribution in [2.24, 2.45) is 5.84 Å². The van der Waals surface area contributed by atoms with E-state index in [9.17, 15) is 0 Å². The Morgan fingerprint density at radius 1 is 1.16 bits per heavy atom. The lowest BCUT2D eigenvalue weighted by Crippen LogP contribution is -2.30. The van der Waals surface area contributed by atoms with Gasteiger partial charge in [0, 0.05) is 16.2 Å². The summed E-state index contributed by atoms with van der Waals surface area (Å²) in [5.41, 5.74) is 6.92. The van der Waals surface area contributed by atoms with Gasteiger partial charge >= 0.3 is 0 Å². The quantitative estimate of drug-likeness (QED) is 0.645. The average molecular weight is 274 g/mol. The van der Waals surface area contributed by atoms with E-state index in [2.05, 4.69) is 56.5 Å². The molecule has 1 unspecified atom stereocenters. The lowest BCUT2D eigenvalue weighted by molar-refractivity contribution is 0.552. The van der Waals surface area contributed by atoms with Crippen LogP contribution in [0.5, 0.6) is 0 Å². The van der Waals surface area contributed by atoms with E-state index < -0.39 is 0 Å². The molecular weight excluding hydrogens is 252 g/mol. The zero-order chi connectivity index (χ0) is 13.8. The molecule has 3 heteroatoms. The molecule has 3 N–H and O–H groups in total. The highest BCUT2D eigenvalue weighted by Gasteiger charge is 2.14. The Morgan fingerprint density at radius 3 is 2.53 bits per heavy atom. The predicted molar refractivity (Wildman–Crippen MR) is 83.4 cm³/mol. The summed E-state index contributed by atoms with van der Waals surface area (Å²) in [4.78, 5) is 2.83. The molecular formula is C16H22N2S. The first-order chi connectivity index (χ1) is 9.15. The molecule has 0 spiro atoms. The van der Waals surface area contributed by atoms with Crippen molar-refractivity contribution in [3.05, 3.63) is 56.8 Å². The van der Waals surface area contributed by atoms with Gasteiger partial charge in [-0.1, -0.05) is 25.1 Å². The van der Waals surface area contributed by atoms with Crippen LogP contribution < -0.4 is 11.3 Å². The monoisotopic (exact) mass is 274 g/mol. The van der Waals surface area contributed by atoms with Crippen molar-refractivity contribution in [1.29, 1.82) is 0 Å². The van der Waals surface area contributed by atoms with Crippen LogP contribution >= 0.6 is 11.3 Å². The smallest absolute Gasteiger partial charge is 0.0510 e. The van der Waals surface area contributed by atoms with Gasteiger partial charge in [-0.15, -0.1) is 11.3 Å². The minimum Gasteiger partial charge on any atom is -0.271 e. The Kier molecular flexibility index (Phi) is 4.75. The predicted octanol–water partition coefficient (Wildman–Crippen LogP) is 3.67. The molecule has 1 aromatic carbocycles. The van der Waals surface area contributed by atoms with Crippen LogP contribution in [0.25, 0.3) is 0 Å². The lowest BCUT2D eigenvalue weighted by Gasteiger charge is -2.19. The second-order valence-electron chi connectivity index (χ2n) is 4.93. The van der Waals surface area contributed by atoms with Crippen LogP contribution in [0.2, 0.25) is 0 Å². The Labute approximate surface area is 119 Å². The average Bonchev–Trinajstić information content (AvgIpc) is 2.87. The second kappa shape index (κ2) is 6.33. The first-order valence-electron chi connectivity index (χ1n) is 6.75. The van der Waals surface area contributed by atoms with Crippen LogP contribution in [-0.4, -0.2) is 0 Å². The highest BCUT2D eigenvalue weighted by molar-refractivity contribution is 7.11. The van der Waals surface area contributed by atoms with Gasteiger partial charge in [0.25, 0.3) is 0 Å². The minimum absolute atomic E-state index is 0.184. The summed E-state index contributed by atoms with van der Waals surface area (Å²) in [5.74, 6) is 5.77. The van der Waals surface area contributed by atoms with Crippen molar-refractivity contribution >= 4 is 11.3 Å². The maximum absolute atomic E-state index is 5.77. The van der Waals surface area contributed by atoms with Gasteiger partial charge in [0.1, 0.15) is 0 Å². The maximum Gasteiger partial charge on any atom is 0.0510 e. The molecule has 2 nitrogen and oxygen atoms in total. The van der Waals surface area contributed by atoms with E-state index in [-0.39, 0.29) is 6.04 Å². The molecule has 0 aliphatic heterocycles. The molecule has 0 amide bonds. The van der Waals surface area contributed by atoms with Gasteiger partial charge in [0.15, 0.2) is 0 Å². The number of nitrogens with one attached hydrogen (secondary N) is 1. The van der Waals surface area contributed by atoms with E-state index in [1.54, 1.807) is 0 Å². The van der Waals surface area contributed by atoms with Gasteiger partial charge in [-0.25, -0.2) is 0 Å². The SMILES string of the molecule is CCc1ccc(CC(NN)c2cccc(C)c2C)s1. The molecule has 2 rings (SSSR count). The normalized spacial score (nSPS) is 12.6. The maximum atomic E-state index is 5.77. The molecule has 1 atom stereocenters. The standard InChI is InChI=1S/C16H22N2S/c1-4-13-8-9-14(19-13)10-16(18-17)15-7-5-6-11(2)12(15)3/h5-9,16,18H,4,10,17H2,1-3H3. The van der Waals surface area contributed by atoms with E-state index >= 15 is 0 Å². The Bertz CT molecular complexity index is 545. The molecule has 19 heavy (non-hydrogen) atoms. The fraction of sp³-hybridized carbons (Fsp3) is 0.375. The third kappa shape index (κ3) is 3.24. The van der Waals surface area contributed by atoms with Crippen LogP contribution in [0.4, 0.5) is 0 Å². The van der Waals surface area contributed by atoms with Gasteiger partial charge in [0.2, 0.25) is 0 Å². The summed E-state index contributed by atoms with van der Waals surface area (Å²) < 4.78 is 0. The third-order valence-electron chi connectivity index (χ3n) is 3.69. The Morgan fingerprint density at radius 2 is 1.89 bits per heavy atom. The summed E-state index contributed by atoms with van der Waals surface area (Å²) in [6.45, 7) is 6.51. The Hall–Kier alpha value is -1.16. The molecule has 0 fully saturated rings. The highest BCUT2D eigenvalue weighted by atomic mass is 32.1. The van der Waals surface area contributed by atoms with Gasteiger partial charge in [-0.2, -0.15) is 0 Å². The molecule has 0 bridgehead atoms. The summed E-state index contributed by atoms with van der Waals surface area (Å²) in [7, 11) is 0. The van der Waals surface area contributed by atoms with Crippen LogP contribution in [0.1, 0.15) is 39.4 Å². The molecule has 1 heterocycles. The molecule has 0 aliphatic carbocycles. The molecule has 2 aromatic rings. The third-order valence-corrected chi connectivity index (χ3v) is 4.95.